The zero-order valence-corrected chi connectivity index (χ0v) is 17.3. The van der Waals surface area contributed by atoms with E-state index < -0.39 is 0 Å². The summed E-state index contributed by atoms with van der Waals surface area (Å²) >= 11 is 3.81. The molecule has 0 aliphatic carbocycles. The Hall–Kier alpha value is -3.16. The number of fused-ring (bicyclic) bond motifs is 7. The van der Waals surface area contributed by atoms with E-state index >= 15 is 0 Å². The maximum absolute atomic E-state index is 3.81. The molecule has 6 rings (SSSR count). The lowest BCUT2D eigenvalue weighted by Gasteiger charge is -2.14. The van der Waals surface area contributed by atoms with Gasteiger partial charge in [-0.2, -0.15) is 0 Å². The highest BCUT2D eigenvalue weighted by Crippen LogP contribution is 2.40. The average molecular weight is 433 g/mol. The summed E-state index contributed by atoms with van der Waals surface area (Å²) < 4.78 is 1.13. The van der Waals surface area contributed by atoms with Crippen molar-refractivity contribution in [3.05, 3.63) is 108 Å². The van der Waals surface area contributed by atoms with E-state index in [4.69, 9.17) is 0 Å². The molecule has 0 amide bonds. The third kappa shape index (κ3) is 2.51. The molecule has 0 saturated heterocycles. The predicted octanol–water partition coefficient (Wildman–Crippen LogP) is 8.73. The molecule has 0 nitrogen and oxygen atoms in total. The molecule has 0 unspecified atom stereocenters. The van der Waals surface area contributed by atoms with Gasteiger partial charge in [0, 0.05) is 10.0 Å². The van der Waals surface area contributed by atoms with E-state index in [-0.39, 0.29) is 0 Å². The average Bonchev–Trinajstić information content (AvgIpc) is 2.79. The van der Waals surface area contributed by atoms with Gasteiger partial charge in [0.2, 0.25) is 0 Å². The van der Waals surface area contributed by atoms with Crippen molar-refractivity contribution in [3.63, 3.8) is 0 Å². The number of halogens is 1. The van der Waals surface area contributed by atoms with E-state index in [9.17, 15) is 0 Å². The third-order valence-electron chi connectivity index (χ3n) is 5.91. The zero-order chi connectivity index (χ0) is 19.4. The van der Waals surface area contributed by atoms with Crippen LogP contribution in [0.3, 0.4) is 0 Å². The molecule has 0 heterocycles. The molecule has 0 spiro atoms. The van der Waals surface area contributed by atoms with Crippen LogP contribution >= 0.6 is 15.9 Å². The largest absolute Gasteiger partial charge is 0.0616 e. The summed E-state index contributed by atoms with van der Waals surface area (Å²) in [4.78, 5) is 0. The van der Waals surface area contributed by atoms with E-state index in [0.717, 1.165) is 4.47 Å². The Bertz CT molecular complexity index is 1520. The van der Waals surface area contributed by atoms with Crippen molar-refractivity contribution < 1.29 is 0 Å². The summed E-state index contributed by atoms with van der Waals surface area (Å²) in [6.45, 7) is 0. The first kappa shape index (κ1) is 16.8. The Morgan fingerprint density at radius 2 is 0.931 bits per heavy atom. The molecule has 0 bridgehead atoms. The lowest BCUT2D eigenvalue weighted by atomic mass is 9.91. The molecule has 6 aromatic carbocycles. The fourth-order valence-corrected chi connectivity index (χ4v) is 5.18. The van der Waals surface area contributed by atoms with Gasteiger partial charge >= 0.3 is 0 Å². The monoisotopic (exact) mass is 432 g/mol. The first-order valence-electron chi connectivity index (χ1n) is 9.82. The van der Waals surface area contributed by atoms with Gasteiger partial charge in [0.15, 0.2) is 0 Å². The van der Waals surface area contributed by atoms with Crippen molar-refractivity contribution in [2.75, 3.05) is 0 Å². The normalized spacial score (nSPS) is 11.6. The van der Waals surface area contributed by atoms with Gasteiger partial charge in [-0.15, -0.1) is 0 Å². The van der Waals surface area contributed by atoms with Gasteiger partial charge in [-0.3, -0.25) is 0 Å². The molecule has 1 heteroatoms. The third-order valence-corrected chi connectivity index (χ3v) is 6.57. The first-order chi connectivity index (χ1) is 14.3. The number of benzene rings is 6. The minimum atomic E-state index is 1.13. The van der Waals surface area contributed by atoms with Crippen molar-refractivity contribution in [3.8, 4) is 11.1 Å². The van der Waals surface area contributed by atoms with Crippen LogP contribution in [0, 0.1) is 0 Å². The molecule has 0 radical (unpaired) electrons. The summed E-state index contributed by atoms with van der Waals surface area (Å²) in [5.74, 6) is 0. The van der Waals surface area contributed by atoms with Crippen molar-refractivity contribution >= 4 is 59.0 Å². The first-order valence-corrected chi connectivity index (χ1v) is 10.6. The fourth-order valence-electron chi connectivity index (χ4n) is 4.60. The maximum atomic E-state index is 3.81. The Kier molecular flexibility index (Phi) is 3.72. The van der Waals surface area contributed by atoms with E-state index in [0.29, 0.717) is 0 Å². The Labute approximate surface area is 177 Å². The molecular weight excluding hydrogens is 416 g/mol. The molecule has 136 valence electrons. The van der Waals surface area contributed by atoms with Crippen LogP contribution in [0.1, 0.15) is 0 Å². The molecule has 0 aliphatic rings. The zero-order valence-electron chi connectivity index (χ0n) is 15.7. The van der Waals surface area contributed by atoms with Gasteiger partial charge in [0.1, 0.15) is 0 Å². The Morgan fingerprint density at radius 1 is 0.414 bits per heavy atom. The SMILES string of the molecule is Brc1ccc2ccccc2c1-c1ccc2c3ccccc3c3ccccc3c2c1. The number of hydrogen-bond donors (Lipinski definition) is 0. The Morgan fingerprint density at radius 3 is 1.59 bits per heavy atom. The minimum Gasteiger partial charge on any atom is -0.0616 e. The summed E-state index contributed by atoms with van der Waals surface area (Å²) in [7, 11) is 0. The van der Waals surface area contributed by atoms with Gasteiger partial charge in [0.25, 0.3) is 0 Å². The van der Waals surface area contributed by atoms with Crippen LogP contribution in [-0.2, 0) is 0 Å². The molecular formula is C28H17Br. The van der Waals surface area contributed by atoms with Crippen LogP contribution in [0.4, 0.5) is 0 Å². The molecule has 6 aromatic rings. The fraction of sp³-hybridized carbons (Fsp3) is 0. The second kappa shape index (κ2) is 6.43. The molecule has 0 atom stereocenters. The molecule has 0 aliphatic heterocycles. The van der Waals surface area contributed by atoms with Gasteiger partial charge in [-0.25, -0.2) is 0 Å². The quantitative estimate of drug-likeness (QED) is 0.228. The lowest BCUT2D eigenvalue weighted by Crippen LogP contribution is -1.87. The summed E-state index contributed by atoms with van der Waals surface area (Å²) in [5.41, 5.74) is 2.49. The topological polar surface area (TPSA) is 0 Å². The van der Waals surface area contributed by atoms with Crippen LogP contribution in [0.2, 0.25) is 0 Å². The van der Waals surface area contributed by atoms with Crippen LogP contribution in [-0.4, -0.2) is 0 Å². The highest BCUT2D eigenvalue weighted by atomic mass is 79.9. The predicted molar refractivity (Wildman–Crippen MR) is 130 cm³/mol. The Balaban J connectivity index is 1.77. The van der Waals surface area contributed by atoms with E-state index in [1.807, 2.05) is 0 Å². The minimum absolute atomic E-state index is 1.13. The summed E-state index contributed by atoms with van der Waals surface area (Å²) in [6, 6.07) is 37.3. The molecule has 29 heavy (non-hydrogen) atoms. The second-order valence-corrected chi connectivity index (χ2v) is 8.35. The lowest BCUT2D eigenvalue weighted by molar-refractivity contribution is 1.65. The van der Waals surface area contributed by atoms with Crippen molar-refractivity contribution in [1.82, 2.24) is 0 Å². The highest BCUT2D eigenvalue weighted by Gasteiger charge is 2.12. The molecule has 0 fully saturated rings. The van der Waals surface area contributed by atoms with Crippen LogP contribution in [0.5, 0.6) is 0 Å². The molecule has 0 aromatic heterocycles. The van der Waals surface area contributed by atoms with Crippen LogP contribution in [0.15, 0.2) is 108 Å². The molecule has 0 N–H and O–H groups in total. The van der Waals surface area contributed by atoms with Gasteiger partial charge in [-0.05, 0) is 60.8 Å². The highest BCUT2D eigenvalue weighted by molar-refractivity contribution is 9.10. The van der Waals surface area contributed by atoms with Crippen molar-refractivity contribution in [2.24, 2.45) is 0 Å². The van der Waals surface area contributed by atoms with Crippen molar-refractivity contribution in [1.29, 1.82) is 0 Å². The van der Waals surface area contributed by atoms with E-state index in [1.54, 1.807) is 0 Å². The van der Waals surface area contributed by atoms with E-state index in [1.165, 1.54) is 54.2 Å². The second-order valence-electron chi connectivity index (χ2n) is 7.50. The van der Waals surface area contributed by atoms with Gasteiger partial charge in [-0.1, -0.05) is 107 Å². The standard InChI is InChI=1S/C28H17Br/c29-27-16-14-18-7-1-2-8-20(18)28(27)19-13-15-25-23-11-4-3-9-21(23)22-10-5-6-12-24(22)26(25)17-19/h1-17H. The summed E-state index contributed by atoms with van der Waals surface area (Å²) in [5, 5.41) is 10.4. The number of rotatable bonds is 1. The number of hydrogen-bond acceptors (Lipinski definition) is 0. The van der Waals surface area contributed by atoms with Crippen LogP contribution in [0.25, 0.3) is 54.2 Å². The van der Waals surface area contributed by atoms with Gasteiger partial charge in [0.05, 0.1) is 0 Å². The smallest absolute Gasteiger partial charge is 0.0260 e. The van der Waals surface area contributed by atoms with Gasteiger partial charge < -0.3 is 0 Å². The summed E-state index contributed by atoms with van der Waals surface area (Å²) in [6.07, 6.45) is 0. The van der Waals surface area contributed by atoms with Crippen molar-refractivity contribution in [2.45, 2.75) is 0 Å². The molecule has 0 saturated carbocycles. The maximum Gasteiger partial charge on any atom is 0.0260 e. The van der Waals surface area contributed by atoms with Crippen LogP contribution < -0.4 is 0 Å². The van der Waals surface area contributed by atoms with E-state index in [2.05, 4.69) is 119 Å².